The molecule has 0 fully saturated rings. The number of rotatable bonds is 6. The van der Waals surface area contributed by atoms with Crippen molar-refractivity contribution in [1.82, 2.24) is 4.90 Å². The molecule has 0 saturated carbocycles. The fourth-order valence-electron chi connectivity index (χ4n) is 1.59. The topological polar surface area (TPSA) is 40.5 Å². The van der Waals surface area contributed by atoms with Gasteiger partial charge in [-0.15, -0.1) is 11.8 Å². The molecule has 0 saturated heterocycles. The minimum atomic E-state index is -0.0138. The molecule has 1 rings (SSSR count). The first kappa shape index (κ1) is 14.1. The summed E-state index contributed by atoms with van der Waals surface area (Å²) in [6, 6.07) is 7.64. The highest BCUT2D eigenvalue weighted by Crippen LogP contribution is 2.19. The first-order chi connectivity index (χ1) is 8.22. The number of nitrogens with zero attached hydrogens (tertiary/aromatic N) is 1. The Morgan fingerprint density at radius 2 is 2.18 bits per heavy atom. The molecular weight excluding hydrogens is 234 g/mol. The Hall–Kier alpha value is -1.00. The Labute approximate surface area is 107 Å². The van der Waals surface area contributed by atoms with Crippen LogP contribution in [-0.2, 0) is 0 Å². The first-order valence-corrected chi connectivity index (χ1v) is 6.84. The van der Waals surface area contributed by atoms with Crippen molar-refractivity contribution in [2.24, 2.45) is 0 Å². The summed E-state index contributed by atoms with van der Waals surface area (Å²) < 4.78 is 0. The van der Waals surface area contributed by atoms with Gasteiger partial charge >= 0.3 is 0 Å². The third-order valence-corrected chi connectivity index (χ3v) is 3.31. The van der Waals surface area contributed by atoms with Gasteiger partial charge in [-0.1, -0.05) is 13.0 Å². The van der Waals surface area contributed by atoms with E-state index in [9.17, 15) is 4.79 Å². The summed E-state index contributed by atoms with van der Waals surface area (Å²) in [5.74, 6) is 0.978. The quantitative estimate of drug-likeness (QED) is 0.791. The highest BCUT2D eigenvalue weighted by atomic mass is 32.2. The maximum Gasteiger partial charge on any atom is 0.253 e. The highest BCUT2D eigenvalue weighted by Gasteiger charge is 2.13. The molecule has 0 atom stereocenters. The van der Waals surface area contributed by atoms with E-state index in [0.717, 1.165) is 10.6 Å². The minimum Gasteiger partial charge on any atom is -0.395 e. The van der Waals surface area contributed by atoms with Gasteiger partial charge in [0.05, 0.1) is 6.61 Å². The average molecular weight is 253 g/mol. The van der Waals surface area contributed by atoms with E-state index in [4.69, 9.17) is 5.11 Å². The predicted octanol–water partition coefficient (Wildman–Crippen LogP) is 2.25. The van der Waals surface area contributed by atoms with Crippen molar-refractivity contribution in [1.29, 1.82) is 0 Å². The van der Waals surface area contributed by atoms with Crippen molar-refractivity contribution in [2.75, 3.05) is 25.4 Å². The zero-order valence-electron chi connectivity index (χ0n) is 10.3. The van der Waals surface area contributed by atoms with Crippen molar-refractivity contribution < 1.29 is 9.90 Å². The van der Waals surface area contributed by atoms with E-state index >= 15 is 0 Å². The second-order valence-electron chi connectivity index (χ2n) is 3.57. The molecule has 1 aromatic rings. The lowest BCUT2D eigenvalue weighted by atomic mass is 10.2. The molecular formula is C13H19NO2S. The third kappa shape index (κ3) is 4.06. The van der Waals surface area contributed by atoms with Gasteiger partial charge in [0, 0.05) is 23.5 Å². The van der Waals surface area contributed by atoms with Crippen LogP contribution in [0.5, 0.6) is 0 Å². The van der Waals surface area contributed by atoms with Crippen molar-refractivity contribution in [3.05, 3.63) is 29.8 Å². The predicted molar refractivity (Wildman–Crippen MR) is 71.5 cm³/mol. The number of hydrogen-bond acceptors (Lipinski definition) is 3. The number of carbonyl (C=O) groups excluding carboxylic acids is 1. The van der Waals surface area contributed by atoms with Gasteiger partial charge in [-0.25, -0.2) is 0 Å². The van der Waals surface area contributed by atoms with Crippen LogP contribution in [0.1, 0.15) is 24.2 Å². The van der Waals surface area contributed by atoms with E-state index < -0.39 is 0 Å². The van der Waals surface area contributed by atoms with Crippen LogP contribution < -0.4 is 0 Å². The summed E-state index contributed by atoms with van der Waals surface area (Å²) >= 11 is 1.72. The number of carbonyl (C=O) groups is 1. The van der Waals surface area contributed by atoms with Crippen LogP contribution in [0, 0.1) is 0 Å². The molecule has 1 aromatic carbocycles. The van der Waals surface area contributed by atoms with Crippen molar-refractivity contribution in [3.8, 4) is 0 Å². The summed E-state index contributed by atoms with van der Waals surface area (Å²) in [5.41, 5.74) is 0.693. The molecule has 0 unspecified atom stereocenters. The average Bonchev–Trinajstić information content (AvgIpc) is 2.36. The molecule has 3 nitrogen and oxygen atoms in total. The maximum absolute atomic E-state index is 12.1. The highest BCUT2D eigenvalue weighted by molar-refractivity contribution is 7.99. The number of amides is 1. The molecule has 0 spiro atoms. The van der Waals surface area contributed by atoms with E-state index in [1.165, 1.54) is 0 Å². The number of aliphatic hydroxyl groups excluding tert-OH is 1. The summed E-state index contributed by atoms with van der Waals surface area (Å²) in [6.07, 6.45) is 0. The van der Waals surface area contributed by atoms with E-state index in [0.29, 0.717) is 18.7 Å². The van der Waals surface area contributed by atoms with Crippen molar-refractivity contribution in [2.45, 2.75) is 18.7 Å². The smallest absolute Gasteiger partial charge is 0.253 e. The molecule has 4 heteroatoms. The molecule has 1 N–H and O–H groups in total. The number of likely N-dealkylation sites (N-methyl/N-ethyl adjacent to an activating group) is 1. The third-order valence-electron chi connectivity index (χ3n) is 2.43. The fourth-order valence-corrected chi connectivity index (χ4v) is 2.31. The Bertz CT molecular complexity index is 368. The zero-order chi connectivity index (χ0) is 12.7. The van der Waals surface area contributed by atoms with Gasteiger partial charge in [0.1, 0.15) is 0 Å². The van der Waals surface area contributed by atoms with Gasteiger partial charge < -0.3 is 10.0 Å². The molecule has 0 radical (unpaired) electrons. The van der Waals surface area contributed by atoms with Crippen LogP contribution in [0.15, 0.2) is 29.2 Å². The SMILES string of the molecule is CCSc1cccc(C(=O)N(CC)CCO)c1. The van der Waals surface area contributed by atoms with Gasteiger partial charge in [0.2, 0.25) is 0 Å². The summed E-state index contributed by atoms with van der Waals surface area (Å²) in [7, 11) is 0. The van der Waals surface area contributed by atoms with Crippen LogP contribution in [-0.4, -0.2) is 41.4 Å². The van der Waals surface area contributed by atoms with Gasteiger partial charge in [-0.2, -0.15) is 0 Å². The lowest BCUT2D eigenvalue weighted by Gasteiger charge is -2.19. The number of thioether (sulfide) groups is 1. The van der Waals surface area contributed by atoms with E-state index in [-0.39, 0.29) is 12.5 Å². The molecule has 0 aromatic heterocycles. The number of hydrogen-bond donors (Lipinski definition) is 1. The summed E-state index contributed by atoms with van der Waals surface area (Å²) in [4.78, 5) is 14.9. The maximum atomic E-state index is 12.1. The largest absolute Gasteiger partial charge is 0.395 e. The lowest BCUT2D eigenvalue weighted by Crippen LogP contribution is -2.33. The second-order valence-corrected chi connectivity index (χ2v) is 4.91. The molecule has 0 aliphatic rings. The summed E-state index contributed by atoms with van der Waals surface area (Å²) in [5, 5.41) is 8.90. The molecule has 0 heterocycles. The van der Waals surface area contributed by atoms with Gasteiger partial charge in [0.25, 0.3) is 5.91 Å². The Morgan fingerprint density at radius 3 is 2.76 bits per heavy atom. The molecule has 0 bridgehead atoms. The lowest BCUT2D eigenvalue weighted by molar-refractivity contribution is 0.0731. The molecule has 0 aliphatic heterocycles. The number of aliphatic hydroxyl groups is 1. The Kier molecular flexibility index (Phi) is 6.08. The van der Waals surface area contributed by atoms with E-state index in [2.05, 4.69) is 6.92 Å². The molecule has 0 aliphatic carbocycles. The number of benzene rings is 1. The zero-order valence-corrected chi connectivity index (χ0v) is 11.2. The van der Waals surface area contributed by atoms with Crippen LogP contribution in [0.25, 0.3) is 0 Å². The van der Waals surface area contributed by atoms with Crippen LogP contribution in [0.3, 0.4) is 0 Å². The molecule has 94 valence electrons. The summed E-state index contributed by atoms with van der Waals surface area (Å²) in [6.45, 7) is 5.01. The molecule has 17 heavy (non-hydrogen) atoms. The first-order valence-electron chi connectivity index (χ1n) is 5.85. The van der Waals surface area contributed by atoms with Gasteiger partial charge in [0.15, 0.2) is 0 Å². The monoisotopic (exact) mass is 253 g/mol. The van der Waals surface area contributed by atoms with Crippen molar-refractivity contribution >= 4 is 17.7 Å². The van der Waals surface area contributed by atoms with Gasteiger partial charge in [-0.3, -0.25) is 4.79 Å². The fraction of sp³-hybridized carbons (Fsp3) is 0.462. The Morgan fingerprint density at radius 1 is 1.41 bits per heavy atom. The van der Waals surface area contributed by atoms with Crippen LogP contribution in [0.4, 0.5) is 0 Å². The standard InChI is InChI=1S/C13H19NO2S/c1-3-14(8-9-15)13(16)11-6-5-7-12(10-11)17-4-2/h5-7,10,15H,3-4,8-9H2,1-2H3. The van der Waals surface area contributed by atoms with E-state index in [1.54, 1.807) is 16.7 Å². The Balaban J connectivity index is 2.83. The van der Waals surface area contributed by atoms with Gasteiger partial charge in [-0.05, 0) is 30.9 Å². The normalized spacial score (nSPS) is 10.3. The minimum absolute atomic E-state index is 0.00296. The van der Waals surface area contributed by atoms with E-state index in [1.807, 2.05) is 31.2 Å². The van der Waals surface area contributed by atoms with Crippen LogP contribution >= 0.6 is 11.8 Å². The van der Waals surface area contributed by atoms with Crippen LogP contribution in [0.2, 0.25) is 0 Å². The second kappa shape index (κ2) is 7.35. The molecule has 1 amide bonds. The van der Waals surface area contributed by atoms with Crippen molar-refractivity contribution in [3.63, 3.8) is 0 Å².